The molecule has 170 valence electrons. The number of hydrogen-bond acceptors (Lipinski definition) is 3. The van der Waals surface area contributed by atoms with Gasteiger partial charge < -0.3 is 15.1 Å². The summed E-state index contributed by atoms with van der Waals surface area (Å²) in [6.45, 7) is 13.8. The van der Waals surface area contributed by atoms with Crippen LogP contribution < -0.4 is 5.32 Å². The Morgan fingerprint density at radius 2 is 1.71 bits per heavy atom. The fraction of sp³-hybridized carbons (Fsp3) is 0.520. The van der Waals surface area contributed by atoms with Crippen molar-refractivity contribution in [3.8, 4) is 0 Å². The average molecular weight is 444 g/mol. The number of hydrogen-bond donors (Lipinski definition) is 1. The maximum Gasteiger partial charge on any atom is 0.318 e. The highest BCUT2D eigenvalue weighted by Gasteiger charge is 2.25. The van der Waals surface area contributed by atoms with E-state index < -0.39 is 0 Å². The second-order valence-corrected chi connectivity index (χ2v) is 10.7. The van der Waals surface area contributed by atoms with E-state index in [1.54, 1.807) is 16.2 Å². The SMILES string of the molecule is CCC(C)CN(CC(=O)N(Cc1ccccc1)Cc1ccc(C)s1)C(=O)NC(C)(C)C. The summed E-state index contributed by atoms with van der Waals surface area (Å²) in [5, 5.41) is 3.01. The second-order valence-electron chi connectivity index (χ2n) is 9.32. The fourth-order valence-corrected chi connectivity index (χ4v) is 4.09. The molecule has 1 aromatic carbocycles. The highest BCUT2D eigenvalue weighted by atomic mass is 32.1. The summed E-state index contributed by atoms with van der Waals surface area (Å²) in [6, 6.07) is 14.0. The summed E-state index contributed by atoms with van der Waals surface area (Å²) < 4.78 is 0. The molecule has 0 radical (unpaired) electrons. The van der Waals surface area contributed by atoms with Crippen molar-refractivity contribution in [2.75, 3.05) is 13.1 Å². The Hall–Kier alpha value is -2.34. The van der Waals surface area contributed by atoms with Crippen molar-refractivity contribution in [1.29, 1.82) is 0 Å². The first-order chi connectivity index (χ1) is 14.6. The van der Waals surface area contributed by atoms with E-state index >= 15 is 0 Å². The van der Waals surface area contributed by atoms with Crippen molar-refractivity contribution in [3.05, 3.63) is 57.8 Å². The van der Waals surface area contributed by atoms with Gasteiger partial charge in [0.05, 0.1) is 6.54 Å². The van der Waals surface area contributed by atoms with Crippen LogP contribution in [-0.2, 0) is 17.9 Å². The van der Waals surface area contributed by atoms with Crippen LogP contribution >= 0.6 is 11.3 Å². The molecule has 0 saturated heterocycles. The first-order valence-corrected chi connectivity index (χ1v) is 11.8. The minimum absolute atomic E-state index is 0.0396. The van der Waals surface area contributed by atoms with E-state index in [1.807, 2.05) is 56.0 Å². The third kappa shape index (κ3) is 8.74. The van der Waals surface area contributed by atoms with Crippen LogP contribution in [0.4, 0.5) is 4.79 Å². The zero-order chi connectivity index (χ0) is 23.0. The number of amides is 3. The lowest BCUT2D eigenvalue weighted by atomic mass is 10.1. The predicted octanol–water partition coefficient (Wildman–Crippen LogP) is 5.44. The van der Waals surface area contributed by atoms with Gasteiger partial charge in [0.2, 0.25) is 5.91 Å². The van der Waals surface area contributed by atoms with Crippen molar-refractivity contribution in [3.63, 3.8) is 0 Å². The van der Waals surface area contributed by atoms with E-state index in [1.165, 1.54) is 4.88 Å². The fourth-order valence-electron chi connectivity index (χ4n) is 3.18. The van der Waals surface area contributed by atoms with E-state index in [0.29, 0.717) is 25.6 Å². The van der Waals surface area contributed by atoms with Gasteiger partial charge in [0, 0.05) is 28.4 Å². The Balaban J connectivity index is 2.20. The first kappa shape index (κ1) is 24.9. The molecule has 0 bridgehead atoms. The molecule has 0 aliphatic rings. The molecule has 31 heavy (non-hydrogen) atoms. The summed E-state index contributed by atoms with van der Waals surface area (Å²) in [7, 11) is 0. The van der Waals surface area contributed by atoms with Crippen LogP contribution in [0.3, 0.4) is 0 Å². The third-order valence-corrected chi connectivity index (χ3v) is 6.02. The number of aryl methyl sites for hydroxylation is 1. The Bertz CT molecular complexity index is 842. The van der Waals surface area contributed by atoms with E-state index in [9.17, 15) is 9.59 Å². The van der Waals surface area contributed by atoms with E-state index in [4.69, 9.17) is 0 Å². The van der Waals surface area contributed by atoms with Crippen molar-refractivity contribution in [2.45, 2.75) is 66.6 Å². The van der Waals surface area contributed by atoms with Crippen LogP contribution in [-0.4, -0.2) is 40.4 Å². The highest BCUT2D eigenvalue weighted by molar-refractivity contribution is 7.11. The number of nitrogens with zero attached hydrogens (tertiary/aromatic N) is 2. The van der Waals surface area contributed by atoms with Crippen LogP contribution in [0, 0.1) is 12.8 Å². The molecular formula is C25H37N3O2S. The monoisotopic (exact) mass is 443 g/mol. The second kappa shape index (κ2) is 11.3. The van der Waals surface area contributed by atoms with E-state index in [2.05, 4.69) is 38.2 Å². The molecule has 1 aromatic heterocycles. The van der Waals surface area contributed by atoms with Gasteiger partial charge in [0.1, 0.15) is 6.54 Å². The molecule has 1 atom stereocenters. The molecule has 0 aliphatic carbocycles. The van der Waals surface area contributed by atoms with Crippen molar-refractivity contribution < 1.29 is 9.59 Å². The van der Waals surface area contributed by atoms with Gasteiger partial charge in [0.15, 0.2) is 0 Å². The lowest BCUT2D eigenvalue weighted by molar-refractivity contribution is -0.133. The lowest BCUT2D eigenvalue weighted by Crippen LogP contribution is -2.52. The zero-order valence-electron chi connectivity index (χ0n) is 19.8. The Kier molecular flexibility index (Phi) is 9.11. The molecule has 1 N–H and O–H groups in total. The summed E-state index contributed by atoms with van der Waals surface area (Å²) in [5.41, 5.74) is 0.725. The summed E-state index contributed by atoms with van der Waals surface area (Å²) in [5.74, 6) is 0.281. The summed E-state index contributed by atoms with van der Waals surface area (Å²) in [6.07, 6.45) is 0.954. The standard InChI is InChI=1S/C25H37N3O2S/c1-7-19(2)15-28(24(30)26-25(4,5)6)18-23(29)27(16-21-11-9-8-10-12-21)17-22-14-13-20(3)31-22/h8-14,19H,7,15-18H2,1-6H3,(H,26,30). The van der Waals surface area contributed by atoms with Crippen molar-refractivity contribution in [1.82, 2.24) is 15.1 Å². The normalized spacial score (nSPS) is 12.3. The smallest absolute Gasteiger partial charge is 0.318 e. The number of rotatable bonds is 9. The molecule has 2 aromatic rings. The molecule has 0 spiro atoms. The summed E-state index contributed by atoms with van der Waals surface area (Å²) in [4.78, 5) is 32.2. The van der Waals surface area contributed by atoms with E-state index in [0.717, 1.165) is 16.9 Å². The Labute approximate surface area is 191 Å². The van der Waals surface area contributed by atoms with Crippen molar-refractivity contribution >= 4 is 23.3 Å². The molecule has 6 heteroatoms. The minimum atomic E-state index is -0.355. The largest absolute Gasteiger partial charge is 0.333 e. The molecule has 1 unspecified atom stereocenters. The number of nitrogens with one attached hydrogen (secondary N) is 1. The zero-order valence-corrected chi connectivity index (χ0v) is 20.6. The number of urea groups is 1. The van der Waals surface area contributed by atoms with Gasteiger partial charge in [0.25, 0.3) is 0 Å². The molecule has 5 nitrogen and oxygen atoms in total. The molecular weight excluding hydrogens is 406 g/mol. The van der Waals surface area contributed by atoms with Gasteiger partial charge in [-0.2, -0.15) is 0 Å². The molecule has 1 heterocycles. The minimum Gasteiger partial charge on any atom is -0.333 e. The van der Waals surface area contributed by atoms with Gasteiger partial charge >= 0.3 is 6.03 Å². The summed E-state index contributed by atoms with van der Waals surface area (Å²) >= 11 is 1.70. The number of thiophene rings is 1. The molecule has 2 rings (SSSR count). The predicted molar refractivity (Wildman–Crippen MR) is 129 cm³/mol. The maximum absolute atomic E-state index is 13.4. The van der Waals surface area contributed by atoms with Crippen LogP contribution in [0.2, 0.25) is 0 Å². The molecule has 3 amide bonds. The Morgan fingerprint density at radius 1 is 1.03 bits per heavy atom. The van der Waals surface area contributed by atoms with Crippen LogP contribution in [0.25, 0.3) is 0 Å². The quantitative estimate of drug-likeness (QED) is 0.561. The van der Waals surface area contributed by atoms with Crippen LogP contribution in [0.15, 0.2) is 42.5 Å². The number of carbonyl (C=O) groups excluding carboxylic acids is 2. The average Bonchev–Trinajstić information content (AvgIpc) is 3.11. The molecule has 0 saturated carbocycles. The maximum atomic E-state index is 13.4. The Morgan fingerprint density at radius 3 is 2.26 bits per heavy atom. The van der Waals surface area contributed by atoms with Gasteiger partial charge in [-0.3, -0.25) is 4.79 Å². The van der Waals surface area contributed by atoms with Crippen LogP contribution in [0.1, 0.15) is 56.4 Å². The van der Waals surface area contributed by atoms with Crippen LogP contribution in [0.5, 0.6) is 0 Å². The number of carbonyl (C=O) groups is 2. The van der Waals surface area contributed by atoms with Gasteiger partial charge in [-0.15, -0.1) is 11.3 Å². The molecule has 0 aliphatic heterocycles. The first-order valence-electron chi connectivity index (χ1n) is 11.0. The van der Waals surface area contributed by atoms with Gasteiger partial charge in [-0.25, -0.2) is 4.79 Å². The van der Waals surface area contributed by atoms with Gasteiger partial charge in [-0.1, -0.05) is 50.6 Å². The topological polar surface area (TPSA) is 52.7 Å². The lowest BCUT2D eigenvalue weighted by Gasteiger charge is -2.32. The van der Waals surface area contributed by atoms with Gasteiger partial charge in [-0.05, 0) is 51.3 Å². The highest BCUT2D eigenvalue weighted by Crippen LogP contribution is 2.19. The third-order valence-electron chi connectivity index (χ3n) is 5.04. The number of benzene rings is 1. The van der Waals surface area contributed by atoms with Crippen molar-refractivity contribution in [2.24, 2.45) is 5.92 Å². The van der Waals surface area contributed by atoms with E-state index in [-0.39, 0.29) is 24.0 Å². The molecule has 0 fully saturated rings.